The highest BCUT2D eigenvalue weighted by molar-refractivity contribution is 7.90. The molecule has 0 saturated carbocycles. The van der Waals surface area contributed by atoms with Crippen LogP contribution in [-0.4, -0.2) is 18.7 Å². The molecule has 1 aliphatic heterocycles. The Kier molecular flexibility index (Phi) is 4.11. The number of benzene rings is 1. The van der Waals surface area contributed by atoms with Gasteiger partial charge in [0, 0.05) is 12.4 Å². The minimum Gasteiger partial charge on any atom is -0.285 e. The monoisotopic (exact) mass is 291 g/mol. The van der Waals surface area contributed by atoms with Crippen LogP contribution in [0.5, 0.6) is 0 Å². The second-order valence-electron chi connectivity index (χ2n) is 4.13. The van der Waals surface area contributed by atoms with Gasteiger partial charge in [-0.3, -0.25) is 5.21 Å². The van der Waals surface area contributed by atoms with Crippen molar-refractivity contribution in [3.8, 4) is 0 Å². The van der Waals surface area contributed by atoms with Crippen molar-refractivity contribution in [2.24, 2.45) is 9.63 Å². The lowest BCUT2D eigenvalue weighted by Gasteiger charge is -2.08. The molecule has 0 fully saturated rings. The highest BCUT2D eigenvalue weighted by Gasteiger charge is 2.11. The van der Waals surface area contributed by atoms with E-state index in [2.05, 4.69) is 9.63 Å². The third kappa shape index (κ3) is 3.62. The summed E-state index contributed by atoms with van der Waals surface area (Å²) in [5.74, 6) is 0. The van der Waals surface area contributed by atoms with Crippen molar-refractivity contribution in [3.63, 3.8) is 0 Å². The summed E-state index contributed by atoms with van der Waals surface area (Å²) in [6.45, 7) is 1.87. The Bertz CT molecular complexity index is 685. The molecule has 0 atom stereocenters. The molecule has 1 aromatic rings. The second-order valence-corrected chi connectivity index (χ2v) is 5.71. The fourth-order valence-electron chi connectivity index (χ4n) is 1.43. The average molecular weight is 291 g/mol. The number of sulfonamides is 1. The van der Waals surface area contributed by atoms with Crippen molar-refractivity contribution in [2.45, 2.75) is 11.8 Å². The maximum Gasteiger partial charge on any atom is 0.299 e. The van der Waals surface area contributed by atoms with Crippen LogP contribution in [-0.2, 0) is 10.0 Å². The standard InChI is InChI=1S/C13H13N3O3S/c1-11-2-4-13(5-3-11)20(18,19)15-14-10-12-6-8-16(17)9-7-12/h2-10,17H,1H3. The molecule has 0 aliphatic carbocycles. The summed E-state index contributed by atoms with van der Waals surface area (Å²) < 4.78 is 27.1. The van der Waals surface area contributed by atoms with Crippen LogP contribution in [0.2, 0.25) is 0 Å². The summed E-state index contributed by atoms with van der Waals surface area (Å²) in [6, 6.07) is 6.37. The highest BCUT2D eigenvalue weighted by atomic mass is 32.2. The van der Waals surface area contributed by atoms with E-state index in [4.69, 9.17) is 5.21 Å². The first-order chi connectivity index (χ1) is 9.47. The van der Waals surface area contributed by atoms with Crippen LogP contribution in [0.15, 0.2) is 75.1 Å². The maximum atomic E-state index is 11.9. The Labute approximate surface area is 117 Å². The lowest BCUT2D eigenvalue weighted by molar-refractivity contribution is 0.0105. The lowest BCUT2D eigenvalue weighted by atomic mass is 10.2. The molecule has 0 radical (unpaired) electrons. The van der Waals surface area contributed by atoms with Gasteiger partial charge in [-0.2, -0.15) is 8.42 Å². The largest absolute Gasteiger partial charge is 0.299 e. The first kappa shape index (κ1) is 14.2. The van der Waals surface area contributed by atoms with Gasteiger partial charge in [-0.25, -0.2) is 5.06 Å². The van der Waals surface area contributed by atoms with Gasteiger partial charge in [-0.1, -0.05) is 22.2 Å². The molecule has 1 N–H and O–H groups in total. The van der Waals surface area contributed by atoms with Crippen molar-refractivity contribution in [1.82, 2.24) is 5.06 Å². The van der Waals surface area contributed by atoms with Crippen molar-refractivity contribution in [1.29, 1.82) is 0 Å². The van der Waals surface area contributed by atoms with Gasteiger partial charge in [-0.15, -0.1) is 5.11 Å². The number of hydroxylamine groups is 2. The Balaban J connectivity index is 2.15. The van der Waals surface area contributed by atoms with Crippen LogP contribution >= 0.6 is 0 Å². The Morgan fingerprint density at radius 1 is 1.15 bits per heavy atom. The normalized spacial score (nSPS) is 15.1. The number of hydrogen-bond acceptors (Lipinski definition) is 5. The van der Waals surface area contributed by atoms with Crippen LogP contribution in [0.1, 0.15) is 5.56 Å². The zero-order valence-electron chi connectivity index (χ0n) is 10.7. The van der Waals surface area contributed by atoms with Crippen LogP contribution in [0.4, 0.5) is 0 Å². The zero-order valence-corrected chi connectivity index (χ0v) is 11.5. The molecular formula is C13H13N3O3S. The third-order valence-corrected chi connectivity index (χ3v) is 3.70. The van der Waals surface area contributed by atoms with Crippen LogP contribution in [0.3, 0.4) is 0 Å². The van der Waals surface area contributed by atoms with Crippen LogP contribution in [0.25, 0.3) is 0 Å². The maximum absolute atomic E-state index is 11.9. The molecule has 0 unspecified atom stereocenters. The summed E-state index contributed by atoms with van der Waals surface area (Å²) >= 11 is 0. The molecule has 1 aromatic carbocycles. The second kappa shape index (κ2) is 5.81. The van der Waals surface area contributed by atoms with Gasteiger partial charge in [0.05, 0.1) is 11.1 Å². The first-order valence-corrected chi connectivity index (χ1v) is 7.19. The molecule has 20 heavy (non-hydrogen) atoms. The number of rotatable bonds is 3. The predicted molar refractivity (Wildman–Crippen MR) is 73.2 cm³/mol. The van der Waals surface area contributed by atoms with E-state index in [1.807, 2.05) is 6.92 Å². The predicted octanol–water partition coefficient (Wildman–Crippen LogP) is 2.75. The smallest absolute Gasteiger partial charge is 0.285 e. The van der Waals surface area contributed by atoms with Gasteiger partial charge in [-0.05, 0) is 36.8 Å². The average Bonchev–Trinajstić information content (AvgIpc) is 2.41. The van der Waals surface area contributed by atoms with Gasteiger partial charge >= 0.3 is 0 Å². The fourth-order valence-corrected chi connectivity index (χ4v) is 2.17. The SMILES string of the molecule is Cc1ccc(S(=O)(=O)N=NC=C2C=CN(O)C=C2)cc1. The van der Waals surface area contributed by atoms with E-state index in [1.54, 1.807) is 24.3 Å². The van der Waals surface area contributed by atoms with Crippen LogP contribution < -0.4 is 0 Å². The zero-order chi connectivity index (χ0) is 14.6. The number of aryl methyl sites for hydroxylation is 1. The number of allylic oxidation sites excluding steroid dienone is 3. The summed E-state index contributed by atoms with van der Waals surface area (Å²) in [7, 11) is -3.78. The van der Waals surface area contributed by atoms with Gasteiger partial charge < -0.3 is 0 Å². The number of hydrogen-bond donors (Lipinski definition) is 1. The summed E-state index contributed by atoms with van der Waals surface area (Å²) in [4.78, 5) is 0.0986. The van der Waals surface area contributed by atoms with E-state index in [9.17, 15) is 8.42 Å². The highest BCUT2D eigenvalue weighted by Crippen LogP contribution is 2.14. The Morgan fingerprint density at radius 3 is 2.35 bits per heavy atom. The molecule has 6 nitrogen and oxygen atoms in total. The fraction of sp³-hybridized carbons (Fsp3) is 0.0769. The molecule has 0 amide bonds. The van der Waals surface area contributed by atoms with E-state index >= 15 is 0 Å². The summed E-state index contributed by atoms with van der Waals surface area (Å²) in [5, 5.41) is 13.5. The van der Waals surface area contributed by atoms with Crippen LogP contribution in [0, 0.1) is 6.92 Å². The lowest BCUT2D eigenvalue weighted by Crippen LogP contribution is -2.03. The quantitative estimate of drug-likeness (QED) is 0.868. The first-order valence-electron chi connectivity index (χ1n) is 5.75. The third-order valence-electron chi connectivity index (χ3n) is 2.52. The molecule has 0 spiro atoms. The van der Waals surface area contributed by atoms with E-state index in [0.29, 0.717) is 5.57 Å². The summed E-state index contributed by atoms with van der Waals surface area (Å²) in [6.07, 6.45) is 7.23. The molecule has 0 aromatic heterocycles. The van der Waals surface area contributed by atoms with Crippen molar-refractivity contribution >= 4 is 10.0 Å². The molecule has 104 valence electrons. The molecular weight excluding hydrogens is 278 g/mol. The molecule has 2 rings (SSSR count). The van der Waals surface area contributed by atoms with E-state index in [1.165, 1.54) is 30.7 Å². The molecule has 1 heterocycles. The summed E-state index contributed by atoms with van der Waals surface area (Å²) in [5.41, 5.74) is 1.59. The van der Waals surface area contributed by atoms with Crippen molar-refractivity contribution in [2.75, 3.05) is 0 Å². The van der Waals surface area contributed by atoms with E-state index < -0.39 is 10.0 Å². The van der Waals surface area contributed by atoms with Gasteiger partial charge in [0.1, 0.15) is 0 Å². The minimum atomic E-state index is -3.78. The van der Waals surface area contributed by atoms with Crippen molar-refractivity contribution in [3.05, 3.63) is 66.2 Å². The van der Waals surface area contributed by atoms with Gasteiger partial charge in [0.15, 0.2) is 0 Å². The topological polar surface area (TPSA) is 82.3 Å². The molecule has 0 saturated heterocycles. The molecule has 7 heteroatoms. The van der Waals surface area contributed by atoms with Gasteiger partial charge in [0.25, 0.3) is 10.0 Å². The minimum absolute atomic E-state index is 0.0986. The number of nitrogens with zero attached hydrogens (tertiary/aromatic N) is 3. The van der Waals surface area contributed by atoms with Crippen molar-refractivity contribution < 1.29 is 13.6 Å². The molecule has 1 aliphatic rings. The molecule has 0 bridgehead atoms. The Hall–Kier alpha value is -2.25. The van der Waals surface area contributed by atoms with E-state index in [-0.39, 0.29) is 4.90 Å². The van der Waals surface area contributed by atoms with E-state index in [0.717, 1.165) is 10.6 Å². The van der Waals surface area contributed by atoms with Gasteiger partial charge in [0.2, 0.25) is 0 Å². The Morgan fingerprint density at radius 2 is 1.75 bits per heavy atom.